The Kier molecular flexibility index (Phi) is 6.57. The lowest BCUT2D eigenvalue weighted by Crippen LogP contribution is -2.46. The van der Waals surface area contributed by atoms with Gasteiger partial charge in [0.2, 0.25) is 15.9 Å². The number of rotatable bonds is 6. The van der Waals surface area contributed by atoms with Crippen LogP contribution in [-0.4, -0.2) is 58.0 Å². The van der Waals surface area contributed by atoms with Gasteiger partial charge in [-0.2, -0.15) is 4.31 Å². The van der Waals surface area contributed by atoms with Gasteiger partial charge in [0.15, 0.2) is 5.16 Å². The summed E-state index contributed by atoms with van der Waals surface area (Å²) in [4.78, 5) is 23.1. The molecule has 7 nitrogen and oxygen atoms in total. The molecule has 0 aliphatic carbocycles. The van der Waals surface area contributed by atoms with Crippen LogP contribution in [0.15, 0.2) is 52.5 Å². The van der Waals surface area contributed by atoms with E-state index in [0.29, 0.717) is 5.16 Å². The summed E-state index contributed by atoms with van der Waals surface area (Å²) in [6, 6.07) is 12.6. The number of hydrogen-bond acceptors (Lipinski definition) is 5. The van der Waals surface area contributed by atoms with Gasteiger partial charge in [0.05, 0.1) is 27.8 Å². The number of carbonyl (C=O) groups is 1. The van der Waals surface area contributed by atoms with Crippen molar-refractivity contribution >= 4 is 38.7 Å². The number of aromatic nitrogens is 2. The van der Waals surface area contributed by atoms with Gasteiger partial charge in [-0.1, -0.05) is 49.4 Å². The number of hydrogen-bond donors (Lipinski definition) is 1. The van der Waals surface area contributed by atoms with Gasteiger partial charge in [-0.15, -0.1) is 0 Å². The maximum Gasteiger partial charge on any atom is 0.244 e. The van der Waals surface area contributed by atoms with Crippen molar-refractivity contribution in [3.8, 4) is 0 Å². The minimum Gasteiger partial charge on any atom is -0.333 e. The van der Waals surface area contributed by atoms with Gasteiger partial charge in [-0.3, -0.25) is 4.79 Å². The number of carbonyl (C=O) groups excluding carboxylic acids is 1. The molecule has 2 unspecified atom stereocenters. The molecule has 1 saturated heterocycles. The summed E-state index contributed by atoms with van der Waals surface area (Å²) in [6.45, 7) is 10.1. The molecule has 1 N–H and O–H groups in total. The van der Waals surface area contributed by atoms with E-state index in [-0.39, 0.29) is 35.1 Å². The number of benzene rings is 2. The van der Waals surface area contributed by atoms with E-state index in [1.807, 2.05) is 45.9 Å². The molecule has 0 saturated carbocycles. The smallest absolute Gasteiger partial charge is 0.244 e. The van der Waals surface area contributed by atoms with Crippen molar-refractivity contribution < 1.29 is 13.2 Å². The van der Waals surface area contributed by atoms with Crippen LogP contribution in [0, 0.1) is 19.8 Å². The van der Waals surface area contributed by atoms with Crippen LogP contribution in [0.2, 0.25) is 0 Å². The molecule has 2 heterocycles. The van der Waals surface area contributed by atoms with Gasteiger partial charge in [0, 0.05) is 12.6 Å². The topological polar surface area (TPSA) is 86.4 Å². The minimum atomic E-state index is -3.71. The Hall–Kier alpha value is -2.36. The van der Waals surface area contributed by atoms with E-state index in [0.717, 1.165) is 22.2 Å². The molecule has 1 aliphatic heterocycles. The summed E-state index contributed by atoms with van der Waals surface area (Å²) < 4.78 is 28.2. The van der Waals surface area contributed by atoms with E-state index in [9.17, 15) is 13.2 Å². The molecule has 1 amide bonds. The number of aryl methyl sites for hydroxylation is 2. The minimum absolute atomic E-state index is 0.0931. The molecular weight excluding hydrogens is 456 g/mol. The van der Waals surface area contributed by atoms with Crippen molar-refractivity contribution in [3.63, 3.8) is 0 Å². The Balaban J connectivity index is 1.53. The monoisotopic (exact) mass is 486 g/mol. The van der Waals surface area contributed by atoms with E-state index in [1.54, 1.807) is 36.1 Å². The molecular formula is C24H30N4O3S2. The van der Waals surface area contributed by atoms with Crippen LogP contribution in [0.5, 0.6) is 0 Å². The lowest BCUT2D eigenvalue weighted by atomic mass is 10.0. The number of nitrogens with zero attached hydrogens (tertiary/aromatic N) is 3. The third-order valence-corrected chi connectivity index (χ3v) is 8.97. The van der Waals surface area contributed by atoms with Gasteiger partial charge in [0.25, 0.3) is 0 Å². The molecule has 2 aromatic carbocycles. The van der Waals surface area contributed by atoms with E-state index < -0.39 is 16.2 Å². The van der Waals surface area contributed by atoms with Crippen molar-refractivity contribution in [2.24, 2.45) is 5.92 Å². The molecule has 1 aliphatic rings. The zero-order valence-corrected chi connectivity index (χ0v) is 21.2. The summed E-state index contributed by atoms with van der Waals surface area (Å²) in [6.07, 6.45) is -0.560. The number of nitrogens with one attached hydrogen (secondary N) is 1. The Labute approximate surface area is 199 Å². The first-order chi connectivity index (χ1) is 15.6. The fraction of sp³-hybridized carbons (Fsp3) is 0.417. The number of imidazole rings is 1. The average molecular weight is 487 g/mol. The first kappa shape index (κ1) is 23.8. The molecule has 2 atom stereocenters. The lowest BCUT2D eigenvalue weighted by Gasteiger charge is -2.30. The quantitative estimate of drug-likeness (QED) is 0.529. The van der Waals surface area contributed by atoms with E-state index >= 15 is 0 Å². The number of thioether (sulfide) groups is 1. The van der Waals surface area contributed by atoms with Crippen molar-refractivity contribution in [2.75, 3.05) is 12.3 Å². The highest BCUT2D eigenvalue weighted by molar-refractivity contribution is 7.99. The zero-order valence-electron chi connectivity index (χ0n) is 19.6. The van der Waals surface area contributed by atoms with Crippen LogP contribution in [0.25, 0.3) is 11.0 Å². The number of H-pyrrole nitrogens is 1. The summed E-state index contributed by atoms with van der Waals surface area (Å²) in [7, 11) is -3.71. The normalized spacial score (nSPS) is 19.6. The maximum atomic E-state index is 13.4. The van der Waals surface area contributed by atoms with Gasteiger partial charge >= 0.3 is 0 Å². The SMILES string of the molecule is Cc1ccc(S(=O)(=O)N2CC(C(C)C)N(C(=O)CSc3nc4ccc(C)cc4[nH]3)C2C)cc1. The van der Waals surface area contributed by atoms with E-state index in [2.05, 4.69) is 9.97 Å². The highest BCUT2D eigenvalue weighted by atomic mass is 32.2. The first-order valence-corrected chi connectivity index (χ1v) is 13.5. The number of sulfonamides is 1. The Morgan fingerprint density at radius 3 is 2.48 bits per heavy atom. The van der Waals surface area contributed by atoms with Crippen LogP contribution in [0.1, 0.15) is 31.9 Å². The summed E-state index contributed by atoms with van der Waals surface area (Å²) in [5.41, 5.74) is 3.94. The maximum absolute atomic E-state index is 13.4. The summed E-state index contributed by atoms with van der Waals surface area (Å²) in [5.74, 6) is 0.211. The Morgan fingerprint density at radius 1 is 1.15 bits per heavy atom. The lowest BCUT2D eigenvalue weighted by molar-refractivity contribution is -0.132. The molecule has 176 valence electrons. The Bertz CT molecular complexity index is 1270. The molecule has 1 aromatic heterocycles. The Morgan fingerprint density at radius 2 is 1.82 bits per heavy atom. The number of amides is 1. The van der Waals surface area contributed by atoms with Crippen molar-refractivity contribution in [3.05, 3.63) is 53.6 Å². The van der Waals surface area contributed by atoms with Crippen LogP contribution >= 0.6 is 11.8 Å². The van der Waals surface area contributed by atoms with Crippen LogP contribution < -0.4 is 0 Å². The van der Waals surface area contributed by atoms with E-state index in [1.165, 1.54) is 16.1 Å². The van der Waals surface area contributed by atoms with E-state index in [4.69, 9.17) is 0 Å². The largest absolute Gasteiger partial charge is 0.333 e. The van der Waals surface area contributed by atoms with Crippen LogP contribution in [0.4, 0.5) is 0 Å². The molecule has 0 spiro atoms. The first-order valence-electron chi connectivity index (χ1n) is 11.1. The van der Waals surface area contributed by atoms with Crippen LogP contribution in [-0.2, 0) is 14.8 Å². The van der Waals surface area contributed by atoms with Crippen molar-refractivity contribution in [2.45, 2.75) is 56.9 Å². The fourth-order valence-corrected chi connectivity index (χ4v) is 6.64. The fourth-order valence-electron chi connectivity index (χ4n) is 4.28. The van der Waals surface area contributed by atoms with Gasteiger partial charge in [-0.25, -0.2) is 13.4 Å². The van der Waals surface area contributed by atoms with Gasteiger partial charge < -0.3 is 9.88 Å². The second-order valence-corrected chi connectivity index (χ2v) is 11.8. The second kappa shape index (κ2) is 9.12. The zero-order chi connectivity index (χ0) is 23.9. The van der Waals surface area contributed by atoms with Crippen molar-refractivity contribution in [1.29, 1.82) is 0 Å². The average Bonchev–Trinajstić information content (AvgIpc) is 3.33. The molecule has 1 fully saturated rings. The highest BCUT2D eigenvalue weighted by Gasteiger charge is 2.46. The predicted octanol–water partition coefficient (Wildman–Crippen LogP) is 4.18. The summed E-state index contributed by atoms with van der Waals surface area (Å²) in [5, 5.41) is 0.682. The molecule has 33 heavy (non-hydrogen) atoms. The third-order valence-electron chi connectivity index (χ3n) is 6.18. The second-order valence-electron chi connectivity index (χ2n) is 8.98. The third kappa shape index (κ3) is 4.67. The van der Waals surface area contributed by atoms with Gasteiger partial charge in [-0.05, 0) is 56.5 Å². The molecule has 3 aromatic rings. The highest BCUT2D eigenvalue weighted by Crippen LogP contribution is 2.32. The van der Waals surface area contributed by atoms with Gasteiger partial charge in [0.1, 0.15) is 0 Å². The van der Waals surface area contributed by atoms with Crippen molar-refractivity contribution in [1.82, 2.24) is 19.2 Å². The summed E-state index contributed by atoms with van der Waals surface area (Å²) >= 11 is 1.34. The number of fused-ring (bicyclic) bond motifs is 1. The van der Waals surface area contributed by atoms with Crippen LogP contribution in [0.3, 0.4) is 0 Å². The number of aromatic amines is 1. The molecule has 9 heteroatoms. The molecule has 0 bridgehead atoms. The standard InChI is InChI=1S/C24H30N4O3S2/c1-15(2)22-13-27(33(30,31)19-9-6-16(3)7-10-19)18(5)28(22)23(29)14-32-24-25-20-11-8-17(4)12-21(20)26-24/h6-12,15,18,22H,13-14H2,1-5H3,(H,25,26). The molecule has 4 rings (SSSR count). The predicted molar refractivity (Wildman–Crippen MR) is 132 cm³/mol. The molecule has 0 radical (unpaired) electrons.